The Labute approximate surface area is 261 Å². The minimum absolute atomic E-state index is 0.111. The highest BCUT2D eigenvalue weighted by molar-refractivity contribution is 6.24. The number of amides is 4. The second kappa shape index (κ2) is 11.6. The van der Waals surface area contributed by atoms with Crippen LogP contribution in [-0.4, -0.2) is 46.9 Å². The molecule has 0 bridgehead atoms. The molecule has 2 aliphatic rings. The Kier molecular flexibility index (Phi) is 7.33. The number of fused-ring (bicyclic) bond motifs is 4. The van der Waals surface area contributed by atoms with Crippen molar-refractivity contribution in [3.05, 3.63) is 131 Å². The minimum atomic E-state index is -0.725. The molecule has 1 saturated heterocycles. The zero-order valence-corrected chi connectivity index (χ0v) is 25.2. The summed E-state index contributed by atoms with van der Waals surface area (Å²) in [5.74, 6) is 0.0396. The number of anilines is 1. The predicted molar refractivity (Wildman–Crippen MR) is 173 cm³/mol. The molecule has 2 N–H and O–H groups in total. The average Bonchev–Trinajstić information content (AvgIpc) is 3.57. The number of aromatic nitrogens is 1. The fourth-order valence-corrected chi connectivity index (χ4v) is 6.69. The van der Waals surface area contributed by atoms with E-state index in [9.17, 15) is 14.4 Å². The lowest BCUT2D eigenvalue weighted by atomic mass is 9.89. The molecule has 0 radical (unpaired) electrons. The van der Waals surface area contributed by atoms with Gasteiger partial charge < -0.3 is 15.0 Å². The van der Waals surface area contributed by atoms with Crippen LogP contribution in [0.3, 0.4) is 0 Å². The maximum absolute atomic E-state index is 14.4. The fraction of sp³-hybridized carbons (Fsp3) is 0.216. The number of nitrogens with one attached hydrogen (secondary N) is 2. The highest BCUT2D eigenvalue weighted by atomic mass is 16.5. The first-order valence-electron chi connectivity index (χ1n) is 15.3. The van der Waals surface area contributed by atoms with Crippen molar-refractivity contribution in [2.45, 2.75) is 44.3 Å². The number of aromatic amines is 1. The Morgan fingerprint density at radius 3 is 2.42 bits per heavy atom. The number of methoxy groups -OCH3 is 1. The van der Waals surface area contributed by atoms with Gasteiger partial charge in [0, 0.05) is 29.1 Å². The molecule has 3 atom stereocenters. The van der Waals surface area contributed by atoms with E-state index in [4.69, 9.17) is 4.74 Å². The molecule has 0 aliphatic carbocycles. The summed E-state index contributed by atoms with van der Waals surface area (Å²) >= 11 is 0. The first-order valence-corrected chi connectivity index (χ1v) is 15.3. The number of urea groups is 1. The number of H-pyrrole nitrogens is 1. The molecule has 4 amide bonds. The van der Waals surface area contributed by atoms with Crippen LogP contribution >= 0.6 is 0 Å². The van der Waals surface area contributed by atoms with Crippen LogP contribution in [-0.2, 0) is 17.6 Å². The van der Waals surface area contributed by atoms with Crippen LogP contribution in [0.15, 0.2) is 103 Å². The van der Waals surface area contributed by atoms with Crippen molar-refractivity contribution in [1.82, 2.24) is 15.2 Å². The third kappa shape index (κ3) is 5.02. The van der Waals surface area contributed by atoms with Crippen LogP contribution < -0.4 is 15.0 Å². The number of rotatable bonds is 8. The molecule has 2 aliphatic heterocycles. The number of hydrogen-bond acceptors (Lipinski definition) is 4. The van der Waals surface area contributed by atoms with Crippen molar-refractivity contribution < 1.29 is 19.1 Å². The predicted octanol–water partition coefficient (Wildman–Crippen LogP) is 6.41. The third-order valence-corrected chi connectivity index (χ3v) is 8.96. The molecular formula is C37H34N4O4. The van der Waals surface area contributed by atoms with Crippen LogP contribution in [0.25, 0.3) is 10.9 Å². The van der Waals surface area contributed by atoms with Gasteiger partial charge in [-0.25, -0.2) is 9.69 Å². The van der Waals surface area contributed by atoms with E-state index in [1.165, 1.54) is 10.5 Å². The summed E-state index contributed by atoms with van der Waals surface area (Å²) < 4.78 is 5.39. The van der Waals surface area contributed by atoms with Crippen LogP contribution in [0.5, 0.6) is 5.75 Å². The summed E-state index contributed by atoms with van der Waals surface area (Å²) in [6.45, 7) is 1.97. The van der Waals surface area contributed by atoms with Gasteiger partial charge in [-0.1, -0.05) is 72.8 Å². The standard InChI is InChI=1S/C37H34N4O4/c1-23(16-17-24-10-4-3-5-11-24)38-35(42)28-13-7-9-15-31(28)41-36(43)32-22-29-27-12-6-8-14-30(27)39-33(29)34(40(32)37(41)44)25-18-20-26(45-2)21-19-25/h3-15,18-21,23,32,34,39H,16-17,22H2,1-2H3,(H,38,42)/t23-,32+,34+/m1/s1. The van der Waals surface area contributed by atoms with E-state index < -0.39 is 18.1 Å². The smallest absolute Gasteiger partial charge is 0.332 e. The van der Waals surface area contributed by atoms with Crippen LogP contribution in [0, 0.1) is 0 Å². The lowest BCUT2D eigenvalue weighted by Gasteiger charge is -2.36. The summed E-state index contributed by atoms with van der Waals surface area (Å²) in [7, 11) is 1.61. The monoisotopic (exact) mass is 598 g/mol. The molecule has 8 heteroatoms. The van der Waals surface area contributed by atoms with E-state index in [-0.39, 0.29) is 29.1 Å². The van der Waals surface area contributed by atoms with Gasteiger partial charge >= 0.3 is 6.03 Å². The number of benzene rings is 4. The van der Waals surface area contributed by atoms with Gasteiger partial charge in [0.15, 0.2) is 0 Å². The van der Waals surface area contributed by atoms with Crippen molar-refractivity contribution in [3.63, 3.8) is 0 Å². The van der Waals surface area contributed by atoms with Gasteiger partial charge in [0.1, 0.15) is 17.8 Å². The SMILES string of the molecule is COc1ccc([C@H]2c3[nH]c4ccccc4c3C[C@H]3C(=O)N(c4ccccc4C(=O)N[C@H](C)CCc4ccccc4)C(=O)N23)cc1. The molecule has 8 nitrogen and oxygen atoms in total. The molecule has 0 saturated carbocycles. The molecule has 0 spiro atoms. The largest absolute Gasteiger partial charge is 0.497 e. The molecule has 7 rings (SSSR count). The molecule has 4 aromatic carbocycles. The summed E-state index contributed by atoms with van der Waals surface area (Å²) in [5.41, 5.74) is 5.50. The van der Waals surface area contributed by atoms with Crippen LogP contribution in [0.2, 0.25) is 0 Å². The van der Waals surface area contributed by atoms with Crippen molar-refractivity contribution in [2.75, 3.05) is 12.0 Å². The number of imide groups is 1. The topological polar surface area (TPSA) is 94.7 Å². The number of nitrogens with zero attached hydrogens (tertiary/aromatic N) is 2. The van der Waals surface area contributed by atoms with Gasteiger partial charge in [0.25, 0.3) is 11.8 Å². The summed E-state index contributed by atoms with van der Waals surface area (Å²) in [6.07, 6.45) is 1.95. The van der Waals surface area contributed by atoms with Crippen molar-refractivity contribution >= 4 is 34.4 Å². The zero-order valence-electron chi connectivity index (χ0n) is 25.2. The number of carbonyl (C=O) groups excluding carboxylic acids is 3. The molecule has 1 aromatic heterocycles. The molecule has 226 valence electrons. The summed E-state index contributed by atoms with van der Waals surface area (Å²) in [5, 5.41) is 4.12. The maximum Gasteiger partial charge on any atom is 0.332 e. The van der Waals surface area contributed by atoms with Gasteiger partial charge in [-0.15, -0.1) is 0 Å². The quantitative estimate of drug-likeness (QED) is 0.202. The maximum atomic E-state index is 14.4. The van der Waals surface area contributed by atoms with E-state index in [1.807, 2.05) is 73.7 Å². The van der Waals surface area contributed by atoms with E-state index in [0.29, 0.717) is 12.2 Å². The fourth-order valence-electron chi connectivity index (χ4n) is 6.69. The van der Waals surface area contributed by atoms with Crippen molar-refractivity contribution in [1.29, 1.82) is 0 Å². The Balaban J connectivity index is 1.22. The molecule has 5 aromatic rings. The normalized spacial score (nSPS) is 18.1. The van der Waals surface area contributed by atoms with Gasteiger partial charge in [0.05, 0.1) is 18.4 Å². The molecule has 0 unspecified atom stereocenters. The van der Waals surface area contributed by atoms with Crippen molar-refractivity contribution in [2.24, 2.45) is 0 Å². The first kappa shape index (κ1) is 28.4. The number of carbonyl (C=O) groups is 3. The Morgan fingerprint density at radius 1 is 0.933 bits per heavy atom. The zero-order chi connectivity index (χ0) is 31.1. The molecule has 45 heavy (non-hydrogen) atoms. The second-order valence-electron chi connectivity index (χ2n) is 11.7. The Morgan fingerprint density at radius 2 is 1.64 bits per heavy atom. The highest BCUT2D eigenvalue weighted by Crippen LogP contribution is 2.45. The number of para-hydroxylation sites is 2. The number of aryl methyl sites for hydroxylation is 1. The second-order valence-corrected chi connectivity index (χ2v) is 11.7. The van der Waals surface area contributed by atoms with E-state index in [2.05, 4.69) is 22.4 Å². The average molecular weight is 599 g/mol. The van der Waals surface area contributed by atoms with Gasteiger partial charge in [-0.3, -0.25) is 14.5 Å². The number of ether oxygens (including phenoxy) is 1. The van der Waals surface area contributed by atoms with E-state index in [0.717, 1.165) is 40.6 Å². The summed E-state index contributed by atoms with van der Waals surface area (Å²) in [4.78, 5) is 48.7. The van der Waals surface area contributed by atoms with Gasteiger partial charge in [-0.2, -0.15) is 0 Å². The lowest BCUT2D eigenvalue weighted by molar-refractivity contribution is -0.120. The highest BCUT2D eigenvalue weighted by Gasteiger charge is 2.53. The number of hydrogen-bond donors (Lipinski definition) is 2. The minimum Gasteiger partial charge on any atom is -0.497 e. The van der Waals surface area contributed by atoms with Crippen LogP contribution in [0.4, 0.5) is 10.5 Å². The summed E-state index contributed by atoms with van der Waals surface area (Å²) in [6, 6.07) is 30.8. The Hall–Kier alpha value is -5.37. The molecular weight excluding hydrogens is 564 g/mol. The third-order valence-electron chi connectivity index (χ3n) is 8.96. The van der Waals surface area contributed by atoms with Gasteiger partial charge in [0.2, 0.25) is 0 Å². The van der Waals surface area contributed by atoms with Crippen molar-refractivity contribution in [3.8, 4) is 5.75 Å². The molecule has 1 fully saturated rings. The Bertz CT molecular complexity index is 1900. The first-order chi connectivity index (χ1) is 21.9. The van der Waals surface area contributed by atoms with E-state index in [1.54, 1.807) is 36.3 Å². The van der Waals surface area contributed by atoms with E-state index >= 15 is 0 Å². The lowest BCUT2D eigenvalue weighted by Crippen LogP contribution is -2.44. The molecule has 3 heterocycles. The van der Waals surface area contributed by atoms with Crippen LogP contribution in [0.1, 0.15) is 52.1 Å². The van der Waals surface area contributed by atoms with Gasteiger partial charge in [-0.05, 0) is 66.8 Å².